The monoisotopic (exact) mass is 351 g/mol. The van der Waals surface area contributed by atoms with Crippen molar-refractivity contribution in [1.82, 2.24) is 20.2 Å². The second kappa shape index (κ2) is 7.68. The smallest absolute Gasteiger partial charge is 0.138 e. The van der Waals surface area contributed by atoms with E-state index in [2.05, 4.69) is 51.4 Å². The lowest BCUT2D eigenvalue weighted by atomic mass is 10.0. The predicted octanol–water partition coefficient (Wildman–Crippen LogP) is 2.31. The van der Waals surface area contributed by atoms with Gasteiger partial charge in [0.1, 0.15) is 12.2 Å². The molecule has 0 saturated heterocycles. The zero-order chi connectivity index (χ0) is 15.2. The quantitative estimate of drug-likeness (QED) is 0.593. The van der Waals surface area contributed by atoms with E-state index in [0.717, 1.165) is 29.7 Å². The Balaban J connectivity index is 2.06. The molecule has 1 atom stereocenters. The van der Waals surface area contributed by atoms with Crippen LogP contribution in [-0.4, -0.2) is 20.8 Å². The molecule has 21 heavy (non-hydrogen) atoms. The summed E-state index contributed by atoms with van der Waals surface area (Å²) in [7, 11) is 0. The molecule has 2 aromatic rings. The Kier molecular flexibility index (Phi) is 5.90. The van der Waals surface area contributed by atoms with Gasteiger partial charge in [0.25, 0.3) is 0 Å². The number of aromatic nitrogens is 3. The summed E-state index contributed by atoms with van der Waals surface area (Å²) in [6, 6.07) is 8.32. The zero-order valence-electron chi connectivity index (χ0n) is 12.5. The maximum Gasteiger partial charge on any atom is 0.138 e. The highest BCUT2D eigenvalue weighted by atomic mass is 79.9. The normalized spacial score (nSPS) is 12.8. The number of hydrazine groups is 1. The molecule has 1 heterocycles. The molecule has 0 aliphatic carbocycles. The summed E-state index contributed by atoms with van der Waals surface area (Å²) in [6.07, 6.45) is 3.21. The summed E-state index contributed by atoms with van der Waals surface area (Å²) in [5.74, 6) is 7.23. The molecule has 5 nitrogen and oxygen atoms in total. The van der Waals surface area contributed by atoms with Crippen LogP contribution < -0.4 is 11.3 Å². The average molecular weight is 352 g/mol. The number of hydrogen-bond donors (Lipinski definition) is 2. The Hall–Kier alpha value is -1.24. The maximum absolute atomic E-state index is 5.72. The topological polar surface area (TPSA) is 68.8 Å². The average Bonchev–Trinajstić information content (AvgIpc) is 2.86. The van der Waals surface area contributed by atoms with E-state index < -0.39 is 0 Å². The van der Waals surface area contributed by atoms with Crippen LogP contribution in [0.2, 0.25) is 0 Å². The molecule has 0 aliphatic heterocycles. The molecular formula is C15H22BrN5. The molecule has 1 aromatic heterocycles. The minimum absolute atomic E-state index is 0.124. The summed E-state index contributed by atoms with van der Waals surface area (Å²) in [5.41, 5.74) is 4.13. The van der Waals surface area contributed by atoms with E-state index in [1.165, 1.54) is 5.56 Å². The lowest BCUT2D eigenvalue weighted by Gasteiger charge is -2.17. The summed E-state index contributed by atoms with van der Waals surface area (Å²) >= 11 is 3.58. The number of hydrogen-bond acceptors (Lipinski definition) is 4. The fourth-order valence-corrected chi connectivity index (χ4v) is 2.73. The van der Waals surface area contributed by atoms with Crippen molar-refractivity contribution in [1.29, 1.82) is 0 Å². The molecule has 0 spiro atoms. The Morgan fingerprint density at radius 3 is 2.71 bits per heavy atom. The van der Waals surface area contributed by atoms with E-state index in [0.29, 0.717) is 5.92 Å². The summed E-state index contributed by atoms with van der Waals surface area (Å²) in [4.78, 5) is 4.37. The van der Waals surface area contributed by atoms with Gasteiger partial charge in [-0.15, -0.1) is 0 Å². The Labute approximate surface area is 134 Å². The third-order valence-corrected chi connectivity index (χ3v) is 4.10. The number of benzene rings is 1. The van der Waals surface area contributed by atoms with Crippen LogP contribution in [0.25, 0.3) is 0 Å². The van der Waals surface area contributed by atoms with Gasteiger partial charge in [-0.05, 0) is 24.0 Å². The standard InChI is InChI=1S/C15H22BrN5/c1-11(2)9-21-15(18-10-19-21)8-13(20-17)7-12-5-3-4-6-14(12)16/h3-6,10-11,13,20H,7-9,17H2,1-2H3. The molecule has 2 rings (SSSR count). The van der Waals surface area contributed by atoms with Crippen LogP contribution in [-0.2, 0) is 19.4 Å². The van der Waals surface area contributed by atoms with Crippen LogP contribution in [0.5, 0.6) is 0 Å². The van der Waals surface area contributed by atoms with E-state index in [1.807, 2.05) is 22.9 Å². The van der Waals surface area contributed by atoms with Gasteiger partial charge in [-0.25, -0.2) is 9.67 Å². The molecule has 0 saturated carbocycles. The van der Waals surface area contributed by atoms with Gasteiger partial charge in [-0.2, -0.15) is 5.10 Å². The molecular weight excluding hydrogens is 330 g/mol. The van der Waals surface area contributed by atoms with Gasteiger partial charge in [0, 0.05) is 23.5 Å². The highest BCUT2D eigenvalue weighted by molar-refractivity contribution is 9.10. The van der Waals surface area contributed by atoms with E-state index in [-0.39, 0.29) is 6.04 Å². The van der Waals surface area contributed by atoms with Crippen LogP contribution in [0.4, 0.5) is 0 Å². The first-order chi connectivity index (χ1) is 10.1. The van der Waals surface area contributed by atoms with E-state index in [1.54, 1.807) is 6.33 Å². The van der Waals surface area contributed by atoms with Crippen molar-refractivity contribution in [2.75, 3.05) is 0 Å². The van der Waals surface area contributed by atoms with Crippen molar-refractivity contribution in [3.63, 3.8) is 0 Å². The van der Waals surface area contributed by atoms with E-state index in [4.69, 9.17) is 5.84 Å². The fourth-order valence-electron chi connectivity index (χ4n) is 2.28. The number of nitrogens with one attached hydrogen (secondary N) is 1. The van der Waals surface area contributed by atoms with Gasteiger partial charge in [-0.3, -0.25) is 11.3 Å². The molecule has 1 aromatic carbocycles. The van der Waals surface area contributed by atoms with Gasteiger partial charge in [0.2, 0.25) is 0 Å². The van der Waals surface area contributed by atoms with Gasteiger partial charge in [0.05, 0.1) is 0 Å². The lowest BCUT2D eigenvalue weighted by molar-refractivity contribution is 0.441. The van der Waals surface area contributed by atoms with Crippen molar-refractivity contribution >= 4 is 15.9 Å². The third kappa shape index (κ3) is 4.62. The molecule has 1 unspecified atom stereocenters. The number of rotatable bonds is 7. The molecule has 0 aliphatic rings. The second-order valence-electron chi connectivity index (χ2n) is 5.62. The molecule has 0 radical (unpaired) electrons. The van der Waals surface area contributed by atoms with Crippen LogP contribution in [0.15, 0.2) is 35.1 Å². The summed E-state index contributed by atoms with van der Waals surface area (Å²) < 4.78 is 3.07. The van der Waals surface area contributed by atoms with E-state index >= 15 is 0 Å². The number of halogens is 1. The molecule has 0 fully saturated rings. The second-order valence-corrected chi connectivity index (χ2v) is 6.47. The highest BCUT2D eigenvalue weighted by Gasteiger charge is 2.15. The highest BCUT2D eigenvalue weighted by Crippen LogP contribution is 2.18. The SMILES string of the molecule is CC(C)Cn1ncnc1CC(Cc1ccccc1Br)NN. The van der Waals surface area contributed by atoms with Crippen molar-refractivity contribution < 1.29 is 0 Å². The van der Waals surface area contributed by atoms with Crippen molar-refractivity contribution in [3.05, 3.63) is 46.5 Å². The molecule has 6 heteroatoms. The van der Waals surface area contributed by atoms with Crippen LogP contribution >= 0.6 is 15.9 Å². The third-order valence-electron chi connectivity index (χ3n) is 3.32. The first kappa shape index (κ1) is 16.1. The van der Waals surface area contributed by atoms with Gasteiger partial charge in [0.15, 0.2) is 0 Å². The Morgan fingerprint density at radius 2 is 2.05 bits per heavy atom. The van der Waals surface area contributed by atoms with Gasteiger partial charge < -0.3 is 0 Å². The van der Waals surface area contributed by atoms with Gasteiger partial charge in [-0.1, -0.05) is 48.0 Å². The largest absolute Gasteiger partial charge is 0.271 e. The fraction of sp³-hybridized carbons (Fsp3) is 0.467. The minimum Gasteiger partial charge on any atom is -0.271 e. The minimum atomic E-state index is 0.124. The molecule has 0 bridgehead atoms. The van der Waals surface area contributed by atoms with Crippen molar-refractivity contribution in [2.24, 2.45) is 11.8 Å². The number of nitrogens with two attached hydrogens (primary N) is 1. The first-order valence-electron chi connectivity index (χ1n) is 7.16. The Bertz CT molecular complexity index is 567. The van der Waals surface area contributed by atoms with E-state index in [9.17, 15) is 0 Å². The van der Waals surface area contributed by atoms with Crippen molar-refractivity contribution in [2.45, 2.75) is 39.3 Å². The molecule has 3 N–H and O–H groups in total. The number of nitrogens with zero attached hydrogens (tertiary/aromatic N) is 3. The van der Waals surface area contributed by atoms with Crippen LogP contribution in [0.3, 0.4) is 0 Å². The summed E-state index contributed by atoms with van der Waals surface area (Å²) in [5, 5.41) is 4.30. The predicted molar refractivity (Wildman–Crippen MR) is 87.5 cm³/mol. The Morgan fingerprint density at radius 1 is 1.29 bits per heavy atom. The van der Waals surface area contributed by atoms with Gasteiger partial charge >= 0.3 is 0 Å². The van der Waals surface area contributed by atoms with Crippen LogP contribution in [0, 0.1) is 5.92 Å². The van der Waals surface area contributed by atoms with Crippen LogP contribution in [0.1, 0.15) is 25.2 Å². The van der Waals surface area contributed by atoms with Crippen molar-refractivity contribution in [3.8, 4) is 0 Å². The molecule has 114 valence electrons. The lowest BCUT2D eigenvalue weighted by Crippen LogP contribution is -2.39. The first-order valence-corrected chi connectivity index (χ1v) is 7.95. The maximum atomic E-state index is 5.72. The summed E-state index contributed by atoms with van der Waals surface area (Å²) in [6.45, 7) is 5.22. The zero-order valence-corrected chi connectivity index (χ0v) is 14.0. The molecule has 0 amide bonds.